The average Bonchev–Trinajstić information content (AvgIpc) is 2.63. The lowest BCUT2D eigenvalue weighted by atomic mass is 9.42. The van der Waals surface area contributed by atoms with Gasteiger partial charge in [0.1, 0.15) is 11.4 Å². The van der Waals surface area contributed by atoms with Crippen LogP contribution in [0.5, 0.6) is 5.75 Å². The van der Waals surface area contributed by atoms with Gasteiger partial charge in [-0.05, 0) is 80.1 Å². The second-order valence-electron chi connectivity index (χ2n) is 14.3. The number of hydrogen-bond acceptors (Lipinski definition) is 1. The van der Waals surface area contributed by atoms with Crippen molar-refractivity contribution in [3.8, 4) is 5.75 Å². The SMILES string of the molecule is CC(C)CC1(CC(C)C)Oc2ccccc2C(CC(C)C)(CC(C)C)C1(CC(C)C)CC(C)C. The lowest BCUT2D eigenvalue weighted by Crippen LogP contribution is -2.67. The van der Waals surface area contributed by atoms with Gasteiger partial charge in [0.05, 0.1) is 0 Å². The molecule has 0 fully saturated rings. The van der Waals surface area contributed by atoms with E-state index in [0.717, 1.165) is 12.8 Å². The molecule has 1 aromatic rings. The number of para-hydroxylation sites is 1. The van der Waals surface area contributed by atoms with Gasteiger partial charge in [0.2, 0.25) is 0 Å². The minimum absolute atomic E-state index is 0.0970. The molecule has 0 N–H and O–H groups in total. The zero-order valence-corrected chi connectivity index (χ0v) is 24.9. The molecular weight excluding hydrogens is 412 g/mol. The highest BCUT2D eigenvalue weighted by Gasteiger charge is 2.67. The summed E-state index contributed by atoms with van der Waals surface area (Å²) in [6, 6.07) is 9.19. The molecule has 0 radical (unpaired) electrons. The fourth-order valence-electron chi connectivity index (χ4n) is 8.16. The summed E-state index contributed by atoms with van der Waals surface area (Å²) in [5.41, 5.74) is 1.56. The second-order valence-corrected chi connectivity index (χ2v) is 14.3. The third-order valence-electron chi connectivity index (χ3n) is 8.00. The van der Waals surface area contributed by atoms with Gasteiger partial charge in [0.25, 0.3) is 0 Å². The summed E-state index contributed by atoms with van der Waals surface area (Å²) < 4.78 is 7.48. The van der Waals surface area contributed by atoms with E-state index in [1.54, 1.807) is 0 Å². The van der Waals surface area contributed by atoms with E-state index in [1.165, 1.54) is 37.0 Å². The largest absolute Gasteiger partial charge is 0.486 e. The monoisotopic (exact) mass is 470 g/mol. The molecule has 34 heavy (non-hydrogen) atoms. The topological polar surface area (TPSA) is 9.23 Å². The Bertz CT molecular complexity index is 722. The summed E-state index contributed by atoms with van der Waals surface area (Å²) >= 11 is 0. The third kappa shape index (κ3) is 5.87. The summed E-state index contributed by atoms with van der Waals surface area (Å²) in [7, 11) is 0. The molecule has 0 saturated heterocycles. The van der Waals surface area contributed by atoms with Crippen molar-refractivity contribution >= 4 is 0 Å². The lowest BCUT2D eigenvalue weighted by Gasteiger charge is -2.67. The average molecular weight is 471 g/mol. The number of benzene rings is 1. The van der Waals surface area contributed by atoms with Crippen molar-refractivity contribution in [3.05, 3.63) is 29.8 Å². The Morgan fingerprint density at radius 3 is 1.29 bits per heavy atom. The summed E-state index contributed by atoms with van der Waals surface area (Å²) in [5.74, 6) is 4.90. The molecule has 1 aromatic carbocycles. The maximum atomic E-state index is 7.48. The van der Waals surface area contributed by atoms with Crippen molar-refractivity contribution in [1.29, 1.82) is 0 Å². The van der Waals surface area contributed by atoms with E-state index in [2.05, 4.69) is 107 Å². The molecule has 0 bridgehead atoms. The molecular formula is C33H58O. The quantitative estimate of drug-likeness (QED) is 0.295. The summed E-state index contributed by atoms with van der Waals surface area (Å²) in [6.07, 6.45) is 7.22. The van der Waals surface area contributed by atoms with E-state index < -0.39 is 0 Å². The minimum atomic E-state index is -0.151. The Balaban J connectivity index is 3.11. The van der Waals surface area contributed by atoms with Crippen molar-refractivity contribution in [2.45, 2.75) is 133 Å². The molecule has 1 aliphatic heterocycles. The molecule has 0 saturated carbocycles. The van der Waals surface area contributed by atoms with Crippen molar-refractivity contribution in [2.24, 2.45) is 40.9 Å². The Kier molecular flexibility index (Phi) is 9.80. The predicted molar refractivity (Wildman–Crippen MR) is 151 cm³/mol. The van der Waals surface area contributed by atoms with E-state index >= 15 is 0 Å². The van der Waals surface area contributed by atoms with Gasteiger partial charge in [-0.3, -0.25) is 0 Å². The zero-order valence-electron chi connectivity index (χ0n) is 24.9. The van der Waals surface area contributed by atoms with Crippen LogP contribution in [0.25, 0.3) is 0 Å². The first-order chi connectivity index (χ1) is 15.7. The van der Waals surface area contributed by atoms with Gasteiger partial charge < -0.3 is 4.74 Å². The fourth-order valence-corrected chi connectivity index (χ4v) is 8.16. The highest BCUT2D eigenvalue weighted by molar-refractivity contribution is 5.47. The number of ether oxygens (including phenoxy) is 1. The Morgan fingerprint density at radius 2 is 0.912 bits per heavy atom. The fraction of sp³-hybridized carbons (Fsp3) is 0.818. The molecule has 1 aliphatic rings. The van der Waals surface area contributed by atoms with Gasteiger partial charge in [-0.2, -0.15) is 0 Å². The van der Waals surface area contributed by atoms with Crippen LogP contribution in [0, 0.1) is 40.9 Å². The van der Waals surface area contributed by atoms with Crippen molar-refractivity contribution in [1.82, 2.24) is 0 Å². The molecule has 0 unspecified atom stereocenters. The highest BCUT2D eigenvalue weighted by Crippen LogP contribution is 2.68. The Hall–Kier alpha value is -0.980. The summed E-state index contributed by atoms with van der Waals surface area (Å²) in [6.45, 7) is 29.2. The number of rotatable bonds is 12. The standard InChI is InChI=1S/C33H58O/c1-23(2)17-31(18-24(3)4)29-15-13-14-16-30(29)34-33(21-27(9)10,22-28(11)12)32(31,19-25(5)6)20-26(7)8/h13-16,23-28H,17-22H2,1-12H3. The molecule has 1 heteroatoms. The summed E-state index contributed by atoms with van der Waals surface area (Å²) in [5, 5.41) is 0. The van der Waals surface area contributed by atoms with Gasteiger partial charge in [0.15, 0.2) is 0 Å². The molecule has 0 aromatic heterocycles. The van der Waals surface area contributed by atoms with Gasteiger partial charge in [0, 0.05) is 16.4 Å². The lowest BCUT2D eigenvalue weighted by molar-refractivity contribution is -0.178. The van der Waals surface area contributed by atoms with E-state index in [0.29, 0.717) is 35.5 Å². The maximum absolute atomic E-state index is 7.48. The van der Waals surface area contributed by atoms with E-state index in [4.69, 9.17) is 4.74 Å². The number of fused-ring (bicyclic) bond motifs is 1. The first-order valence-electron chi connectivity index (χ1n) is 14.5. The van der Waals surface area contributed by atoms with Crippen molar-refractivity contribution < 1.29 is 4.74 Å². The van der Waals surface area contributed by atoms with Crippen molar-refractivity contribution in [3.63, 3.8) is 0 Å². The normalized spacial score (nSPS) is 18.9. The zero-order chi connectivity index (χ0) is 25.9. The summed E-state index contributed by atoms with van der Waals surface area (Å²) in [4.78, 5) is 0. The highest BCUT2D eigenvalue weighted by atomic mass is 16.5. The van der Waals surface area contributed by atoms with Gasteiger partial charge in [-0.1, -0.05) is 101 Å². The van der Waals surface area contributed by atoms with Crippen LogP contribution < -0.4 is 4.74 Å². The molecule has 0 atom stereocenters. The molecule has 0 spiro atoms. The van der Waals surface area contributed by atoms with Crippen LogP contribution in [-0.2, 0) is 5.41 Å². The predicted octanol–water partition coefficient (Wildman–Crippen LogP) is 10.3. The molecule has 196 valence electrons. The van der Waals surface area contributed by atoms with E-state index in [9.17, 15) is 0 Å². The Morgan fingerprint density at radius 1 is 0.529 bits per heavy atom. The minimum Gasteiger partial charge on any atom is -0.486 e. The van der Waals surface area contributed by atoms with Gasteiger partial charge in [-0.25, -0.2) is 0 Å². The smallest absolute Gasteiger partial charge is 0.123 e. The van der Waals surface area contributed by atoms with Gasteiger partial charge in [-0.15, -0.1) is 0 Å². The van der Waals surface area contributed by atoms with Crippen LogP contribution in [0.15, 0.2) is 24.3 Å². The second kappa shape index (κ2) is 11.4. The molecule has 1 heterocycles. The van der Waals surface area contributed by atoms with Gasteiger partial charge >= 0.3 is 0 Å². The van der Waals surface area contributed by atoms with Crippen LogP contribution in [0.3, 0.4) is 0 Å². The van der Waals surface area contributed by atoms with Crippen LogP contribution in [0.2, 0.25) is 0 Å². The van der Waals surface area contributed by atoms with Crippen LogP contribution in [0.4, 0.5) is 0 Å². The maximum Gasteiger partial charge on any atom is 0.123 e. The number of hydrogen-bond donors (Lipinski definition) is 0. The van der Waals surface area contributed by atoms with E-state index in [1.807, 2.05) is 0 Å². The van der Waals surface area contributed by atoms with Crippen LogP contribution >= 0.6 is 0 Å². The molecule has 0 aliphatic carbocycles. The van der Waals surface area contributed by atoms with E-state index in [-0.39, 0.29) is 16.4 Å². The Labute approximate surface area is 213 Å². The molecule has 2 rings (SSSR count). The van der Waals surface area contributed by atoms with Crippen LogP contribution in [-0.4, -0.2) is 5.60 Å². The first kappa shape index (κ1) is 29.3. The third-order valence-corrected chi connectivity index (χ3v) is 8.00. The molecule has 1 nitrogen and oxygen atoms in total. The molecule has 0 amide bonds. The van der Waals surface area contributed by atoms with Crippen LogP contribution in [0.1, 0.15) is 127 Å². The first-order valence-corrected chi connectivity index (χ1v) is 14.5. The van der Waals surface area contributed by atoms with Crippen molar-refractivity contribution in [2.75, 3.05) is 0 Å².